The lowest BCUT2D eigenvalue weighted by Gasteiger charge is -2.17. The summed E-state index contributed by atoms with van der Waals surface area (Å²) in [6.07, 6.45) is 1.14. The van der Waals surface area contributed by atoms with Crippen molar-refractivity contribution in [3.05, 3.63) is 60.3 Å². The van der Waals surface area contributed by atoms with Gasteiger partial charge in [0.2, 0.25) is 5.91 Å². The third kappa shape index (κ3) is 4.36. The number of nitrogens with zero attached hydrogens (tertiary/aromatic N) is 2. The Morgan fingerprint density at radius 1 is 1.20 bits per heavy atom. The summed E-state index contributed by atoms with van der Waals surface area (Å²) in [5.74, 6) is -1.26. The first kappa shape index (κ1) is 17.6. The van der Waals surface area contributed by atoms with Crippen LogP contribution in [0.5, 0.6) is 5.75 Å². The van der Waals surface area contributed by atoms with E-state index < -0.39 is 5.91 Å². The van der Waals surface area contributed by atoms with Crippen LogP contribution >= 0.6 is 0 Å². The first-order valence-electron chi connectivity index (χ1n) is 7.29. The molecule has 0 heterocycles. The number of hydrogen-bond acceptors (Lipinski definition) is 5. The Morgan fingerprint density at radius 3 is 2.40 bits per heavy atom. The van der Waals surface area contributed by atoms with E-state index >= 15 is 0 Å². The van der Waals surface area contributed by atoms with Gasteiger partial charge in [0, 0.05) is 24.5 Å². The topological polar surface area (TPSA) is 119 Å². The van der Waals surface area contributed by atoms with E-state index in [4.69, 9.17) is 5.73 Å². The largest absolute Gasteiger partial charge is 0.506 e. The van der Waals surface area contributed by atoms with Gasteiger partial charge in [0.25, 0.3) is 5.91 Å². The molecule has 7 heteroatoms. The van der Waals surface area contributed by atoms with E-state index in [1.54, 1.807) is 42.5 Å². The second-order valence-corrected chi connectivity index (χ2v) is 5.11. The molecular formula is C18H16N4O3. The number of phenolic OH excluding ortho intramolecular Hbond substituents is 1. The first-order valence-corrected chi connectivity index (χ1v) is 7.29. The van der Waals surface area contributed by atoms with Gasteiger partial charge in [0.1, 0.15) is 17.4 Å². The predicted molar refractivity (Wildman–Crippen MR) is 94.4 cm³/mol. The number of para-hydroxylation sites is 2. The second-order valence-electron chi connectivity index (χ2n) is 5.11. The summed E-state index contributed by atoms with van der Waals surface area (Å²) in [5.41, 5.74) is 6.47. The number of carbonyl (C=O) groups excluding carboxylic acids is 2. The smallest absolute Gasteiger partial charge is 0.267 e. The van der Waals surface area contributed by atoms with Crippen LogP contribution in [-0.4, -0.2) is 16.9 Å². The quantitative estimate of drug-likeness (QED) is 0.343. The highest BCUT2D eigenvalue weighted by molar-refractivity contribution is 6.08. The fourth-order valence-electron chi connectivity index (χ4n) is 2.02. The summed E-state index contributed by atoms with van der Waals surface area (Å²) >= 11 is 0. The Morgan fingerprint density at radius 2 is 1.84 bits per heavy atom. The van der Waals surface area contributed by atoms with Crippen LogP contribution in [0.4, 0.5) is 17.1 Å². The van der Waals surface area contributed by atoms with Gasteiger partial charge in [0.15, 0.2) is 0 Å². The number of hydrogen-bond donors (Lipinski definition) is 3. The fraction of sp³-hybridized carbons (Fsp3) is 0.0556. The maximum absolute atomic E-state index is 12.3. The maximum Gasteiger partial charge on any atom is 0.267 e. The molecule has 0 radical (unpaired) electrons. The van der Waals surface area contributed by atoms with Crippen molar-refractivity contribution >= 4 is 28.9 Å². The molecule has 2 aromatic carbocycles. The molecule has 0 unspecified atom stereocenters. The van der Waals surface area contributed by atoms with Crippen LogP contribution in [0.2, 0.25) is 0 Å². The van der Waals surface area contributed by atoms with E-state index in [0.29, 0.717) is 11.4 Å². The highest BCUT2D eigenvalue weighted by Crippen LogP contribution is 2.23. The molecule has 0 saturated heterocycles. The van der Waals surface area contributed by atoms with Crippen molar-refractivity contribution in [1.29, 1.82) is 5.26 Å². The van der Waals surface area contributed by atoms with Gasteiger partial charge in [0.05, 0.1) is 5.69 Å². The molecule has 25 heavy (non-hydrogen) atoms. The Hall–Kier alpha value is -3.79. The molecule has 7 nitrogen and oxygen atoms in total. The summed E-state index contributed by atoms with van der Waals surface area (Å²) in [6.45, 7) is 1.31. The van der Waals surface area contributed by atoms with E-state index in [0.717, 1.165) is 6.20 Å². The van der Waals surface area contributed by atoms with Gasteiger partial charge in [-0.15, -0.1) is 0 Å². The van der Waals surface area contributed by atoms with Crippen molar-refractivity contribution in [2.45, 2.75) is 6.92 Å². The van der Waals surface area contributed by atoms with Crippen LogP contribution in [0.25, 0.3) is 0 Å². The third-order valence-corrected chi connectivity index (χ3v) is 3.29. The standard InChI is InChI=1S/C18H16N4O3/c1-12(23)22(15-8-6-14(20)7-9-15)11-13(10-19)18(25)21-16-4-2-3-5-17(16)24/h2-9,11,24H,20H2,1H3,(H,21,25)/b13-11-. The van der Waals surface area contributed by atoms with Crippen molar-refractivity contribution in [3.63, 3.8) is 0 Å². The van der Waals surface area contributed by atoms with Gasteiger partial charge < -0.3 is 16.2 Å². The van der Waals surface area contributed by atoms with Crippen LogP contribution in [0.3, 0.4) is 0 Å². The number of phenols is 1. The molecule has 0 fully saturated rings. The highest BCUT2D eigenvalue weighted by Gasteiger charge is 2.16. The number of amides is 2. The number of nitrogens with two attached hydrogens (primary N) is 1. The minimum Gasteiger partial charge on any atom is -0.506 e. The Bertz CT molecular complexity index is 867. The summed E-state index contributed by atoms with van der Waals surface area (Å²) in [4.78, 5) is 25.3. The molecule has 2 rings (SSSR count). The Kier molecular flexibility index (Phi) is 5.38. The molecule has 0 spiro atoms. The van der Waals surface area contributed by atoms with Gasteiger partial charge in [-0.2, -0.15) is 5.26 Å². The van der Waals surface area contributed by atoms with Crippen molar-refractivity contribution in [3.8, 4) is 11.8 Å². The Balaban J connectivity index is 2.31. The summed E-state index contributed by atoms with van der Waals surface area (Å²) < 4.78 is 0. The molecule has 0 aliphatic carbocycles. The van der Waals surface area contributed by atoms with E-state index in [1.165, 1.54) is 24.0 Å². The molecule has 0 atom stereocenters. The summed E-state index contributed by atoms with van der Waals surface area (Å²) in [6, 6.07) is 14.3. The molecule has 126 valence electrons. The van der Waals surface area contributed by atoms with Crippen LogP contribution in [0.1, 0.15) is 6.92 Å². The predicted octanol–water partition coefficient (Wildman–Crippen LogP) is 2.37. The molecule has 4 N–H and O–H groups in total. The van der Waals surface area contributed by atoms with Gasteiger partial charge in [-0.25, -0.2) is 0 Å². The first-order chi connectivity index (χ1) is 11.9. The number of carbonyl (C=O) groups is 2. The number of rotatable bonds is 4. The maximum atomic E-state index is 12.3. The summed E-state index contributed by atoms with van der Waals surface area (Å²) in [7, 11) is 0. The molecular weight excluding hydrogens is 320 g/mol. The lowest BCUT2D eigenvalue weighted by atomic mass is 10.2. The number of nitrogens with one attached hydrogen (secondary N) is 1. The van der Waals surface area contributed by atoms with Gasteiger partial charge in [-0.1, -0.05) is 12.1 Å². The summed E-state index contributed by atoms with van der Waals surface area (Å²) in [5, 5.41) is 21.4. The van der Waals surface area contributed by atoms with Crippen LogP contribution < -0.4 is 16.0 Å². The van der Waals surface area contributed by atoms with Gasteiger partial charge in [-0.3, -0.25) is 14.5 Å². The van der Waals surface area contributed by atoms with E-state index in [9.17, 15) is 20.0 Å². The molecule has 0 aliphatic rings. The van der Waals surface area contributed by atoms with Crippen molar-refractivity contribution in [2.75, 3.05) is 16.0 Å². The van der Waals surface area contributed by atoms with Crippen molar-refractivity contribution in [1.82, 2.24) is 0 Å². The number of benzene rings is 2. The molecule has 0 bridgehead atoms. The average molecular weight is 336 g/mol. The third-order valence-electron chi connectivity index (χ3n) is 3.29. The monoisotopic (exact) mass is 336 g/mol. The van der Waals surface area contributed by atoms with Crippen LogP contribution in [-0.2, 0) is 9.59 Å². The molecule has 2 amide bonds. The molecule has 0 saturated carbocycles. The minimum atomic E-state index is -0.745. The second kappa shape index (κ2) is 7.66. The number of nitrogen functional groups attached to an aromatic ring is 1. The molecule has 2 aromatic rings. The fourth-order valence-corrected chi connectivity index (χ4v) is 2.02. The lowest BCUT2D eigenvalue weighted by molar-refractivity contribution is -0.116. The zero-order valence-electron chi connectivity index (χ0n) is 13.4. The Labute approximate surface area is 144 Å². The normalized spacial score (nSPS) is 10.6. The minimum absolute atomic E-state index is 0.130. The van der Waals surface area contributed by atoms with Gasteiger partial charge in [-0.05, 0) is 36.4 Å². The van der Waals surface area contributed by atoms with Crippen LogP contribution in [0.15, 0.2) is 60.3 Å². The zero-order valence-corrected chi connectivity index (χ0v) is 13.4. The number of aromatic hydroxyl groups is 1. The number of anilines is 3. The van der Waals surface area contributed by atoms with Crippen molar-refractivity contribution < 1.29 is 14.7 Å². The van der Waals surface area contributed by atoms with E-state index in [2.05, 4.69) is 5.32 Å². The number of nitriles is 1. The lowest BCUT2D eigenvalue weighted by Crippen LogP contribution is -2.25. The van der Waals surface area contributed by atoms with E-state index in [-0.39, 0.29) is 22.9 Å². The molecule has 0 aliphatic heterocycles. The average Bonchev–Trinajstić information content (AvgIpc) is 2.58. The SMILES string of the molecule is CC(=O)N(/C=C(/C#N)C(=O)Nc1ccccc1O)c1ccc(N)cc1. The van der Waals surface area contributed by atoms with Crippen LogP contribution in [0, 0.1) is 11.3 Å². The van der Waals surface area contributed by atoms with Gasteiger partial charge >= 0.3 is 0 Å². The van der Waals surface area contributed by atoms with Crippen molar-refractivity contribution in [2.24, 2.45) is 0 Å². The molecule has 0 aromatic heterocycles. The zero-order chi connectivity index (χ0) is 18.4. The highest BCUT2D eigenvalue weighted by atomic mass is 16.3. The van der Waals surface area contributed by atoms with E-state index in [1.807, 2.05) is 0 Å².